The average Bonchev–Trinajstić information content (AvgIpc) is 0.890. The third kappa shape index (κ3) is 23.8. The van der Waals surface area contributed by atoms with E-state index in [1.54, 1.807) is 35.7 Å². The number of morpholine rings is 1. The summed E-state index contributed by atoms with van der Waals surface area (Å²) in [5, 5.41) is 23.3. The standard InChI is InChI=1S/C87H110ClF3N14O11S4/c1-59(61-15-17-63(18-16-61)79-60(2)94-58-118-79)95-83(110)75-50-70(106)55-105(75)84(111)80(85(3,4)5)97-78(107)14-11-34-92-81(108)65-23-30-77(93-53-65)104-44-38-101(39-45-104)37-36-99(7)57-86(6)33-31-73(62-19-24-67(88)25-20-62)66(52-86)54-102-40-42-103(43-41-102)69-26-21-64(22-27-69)82(109)98-120(114,115)72-28-29-74(76(51-72)119(112,113)87(89,90)91)96-68(32-35-100-46-48-116-49-47-100)56-117-71-12-9-8-10-13-71/h8-10,12-13,15-30,51,53,58-59,68,70,75,80,96,106H,11,14,31-50,52,54-57H2,1-7H3,(H,92,108)(H,95,110)(H,97,107)(H,98,109)/t59-,68+,70+,75-,80+,86?/m0/s1. The van der Waals surface area contributed by atoms with Crippen LogP contribution >= 0.6 is 34.7 Å². The summed E-state index contributed by atoms with van der Waals surface area (Å²) >= 11 is 9.41. The number of aryl methyl sites for hydroxylation is 1. The second-order valence-electron chi connectivity index (χ2n) is 33.3. The number of thiazole rings is 1. The largest absolute Gasteiger partial charge is 0.501 e. The number of nitrogens with one attached hydrogen (secondary N) is 5. The number of aliphatic hydroxyl groups is 1. The van der Waals surface area contributed by atoms with Crippen molar-refractivity contribution in [1.82, 2.24) is 55.1 Å². The predicted molar refractivity (Wildman–Crippen MR) is 465 cm³/mol. The number of amides is 5. The first kappa shape index (κ1) is 90.7. The van der Waals surface area contributed by atoms with E-state index in [9.17, 15) is 59.1 Å². The molecule has 25 nitrogen and oxygen atoms in total. The van der Waals surface area contributed by atoms with Crippen LogP contribution in [0.15, 0.2) is 165 Å². The van der Waals surface area contributed by atoms with Gasteiger partial charge in [0.15, 0.2) is 0 Å². The molecule has 0 radical (unpaired) electrons. The number of hydrogen-bond donors (Lipinski definition) is 6. The molecular weight excluding hydrogens is 1640 g/mol. The van der Waals surface area contributed by atoms with Gasteiger partial charge < -0.3 is 50.7 Å². The molecule has 0 spiro atoms. The van der Waals surface area contributed by atoms with Crippen molar-refractivity contribution >= 4 is 107 Å². The summed E-state index contributed by atoms with van der Waals surface area (Å²) in [7, 11) is -8.82. The van der Waals surface area contributed by atoms with Crippen molar-refractivity contribution in [2.75, 3.05) is 152 Å². The van der Waals surface area contributed by atoms with Crippen LogP contribution in [-0.4, -0.2) is 253 Å². The quantitative estimate of drug-likeness (QED) is 0.0165. The van der Waals surface area contributed by atoms with E-state index in [1.165, 1.54) is 39.9 Å². The van der Waals surface area contributed by atoms with Gasteiger partial charge in [-0.25, -0.2) is 31.5 Å². The smallest absolute Gasteiger partial charge is 0.391 e. The Bertz CT molecular complexity index is 4950. The van der Waals surface area contributed by atoms with Gasteiger partial charge in [-0.1, -0.05) is 99.5 Å². The lowest BCUT2D eigenvalue weighted by Crippen LogP contribution is -2.57. The van der Waals surface area contributed by atoms with Gasteiger partial charge in [0.05, 0.1) is 57.6 Å². The molecule has 6 atom stereocenters. The van der Waals surface area contributed by atoms with E-state index < -0.39 is 88.2 Å². The lowest BCUT2D eigenvalue weighted by molar-refractivity contribution is -0.144. The molecule has 12 rings (SSSR count). The molecule has 5 aromatic carbocycles. The normalized spacial score (nSPS) is 19.6. The fourth-order valence-electron chi connectivity index (χ4n) is 16.3. The molecule has 120 heavy (non-hydrogen) atoms. The maximum atomic E-state index is 14.4. The number of alkyl halides is 3. The number of rotatable bonds is 33. The number of piperazine rings is 2. The molecule has 5 aliphatic rings. The van der Waals surface area contributed by atoms with Crippen molar-refractivity contribution in [1.29, 1.82) is 0 Å². The van der Waals surface area contributed by atoms with E-state index in [2.05, 4.69) is 86.7 Å². The van der Waals surface area contributed by atoms with Crippen LogP contribution in [0.1, 0.15) is 123 Å². The second kappa shape index (κ2) is 40.2. The van der Waals surface area contributed by atoms with Gasteiger partial charge in [0.25, 0.3) is 31.7 Å². The number of β-amino-alcohol motifs (C(OH)–C–C–N with tert-alkyl or cyclic N) is 1. The van der Waals surface area contributed by atoms with Crippen LogP contribution < -0.4 is 35.8 Å². The van der Waals surface area contributed by atoms with Crippen molar-refractivity contribution in [3.05, 3.63) is 184 Å². The monoisotopic (exact) mass is 1750 g/mol. The molecule has 2 aromatic heterocycles. The van der Waals surface area contributed by atoms with E-state index in [0.29, 0.717) is 81.2 Å². The first-order valence-corrected chi connectivity index (χ1v) is 46.2. The average molecular weight is 1750 g/mol. The van der Waals surface area contributed by atoms with E-state index in [1.807, 2.05) is 118 Å². The minimum absolute atomic E-state index is 0.000455. The van der Waals surface area contributed by atoms with Crippen LogP contribution in [0, 0.1) is 17.8 Å². The maximum Gasteiger partial charge on any atom is 0.501 e. The highest BCUT2D eigenvalue weighted by atomic mass is 35.5. The number of aliphatic hydroxyl groups excluding tert-OH is 1. The van der Waals surface area contributed by atoms with Gasteiger partial charge in [0.2, 0.25) is 17.7 Å². The van der Waals surface area contributed by atoms with Crippen molar-refractivity contribution in [3.8, 4) is 10.4 Å². The summed E-state index contributed by atoms with van der Waals surface area (Å²) in [5.74, 6) is -1.48. The number of aromatic nitrogens is 2. The number of anilines is 3. The Kier molecular flexibility index (Phi) is 30.4. The molecule has 1 aliphatic carbocycles. The highest BCUT2D eigenvalue weighted by Crippen LogP contribution is 2.45. The molecule has 1 unspecified atom stereocenters. The van der Waals surface area contributed by atoms with Crippen LogP contribution in [0.4, 0.5) is 30.4 Å². The summed E-state index contributed by atoms with van der Waals surface area (Å²) in [6.07, 6.45) is 4.31. The minimum atomic E-state index is -6.11. The Balaban J connectivity index is 0.573. The number of sulfonamides is 1. The third-order valence-corrected chi connectivity index (χ3v) is 28.4. The lowest BCUT2D eigenvalue weighted by atomic mass is 9.71. The minimum Gasteiger partial charge on any atom is -0.391 e. The summed E-state index contributed by atoms with van der Waals surface area (Å²) in [6, 6.07) is 34.9. The number of ether oxygens (including phenoxy) is 1. The van der Waals surface area contributed by atoms with Crippen LogP contribution in [0.2, 0.25) is 5.02 Å². The Morgan fingerprint density at radius 3 is 2.10 bits per heavy atom. The summed E-state index contributed by atoms with van der Waals surface area (Å²) in [4.78, 5) is 92.8. The molecule has 5 amide bonds. The molecule has 7 aromatic rings. The van der Waals surface area contributed by atoms with Crippen molar-refractivity contribution in [2.45, 2.75) is 137 Å². The fraction of sp³-hybridized carbons (Fsp3) is 0.483. The van der Waals surface area contributed by atoms with Gasteiger partial charge in [-0.15, -0.1) is 23.1 Å². The molecule has 6 heterocycles. The summed E-state index contributed by atoms with van der Waals surface area (Å²) < 4.78 is 105. The first-order chi connectivity index (χ1) is 57.1. The number of sulfone groups is 1. The van der Waals surface area contributed by atoms with Crippen LogP contribution in [0.5, 0.6) is 0 Å². The molecule has 4 saturated heterocycles. The Morgan fingerprint density at radius 2 is 1.44 bits per heavy atom. The van der Waals surface area contributed by atoms with Crippen LogP contribution in [-0.2, 0) is 39.0 Å². The maximum absolute atomic E-state index is 14.4. The Labute approximate surface area is 715 Å². The fourth-order valence-corrected chi connectivity index (χ4v) is 20.2. The molecular formula is C87H110ClF3N14O11S4. The number of likely N-dealkylation sites (tertiary alicyclic amines) is 1. The van der Waals surface area contributed by atoms with E-state index in [0.717, 1.165) is 141 Å². The second-order valence-corrected chi connectivity index (χ2v) is 39.3. The Morgan fingerprint density at radius 1 is 0.775 bits per heavy atom. The number of benzene rings is 5. The van der Waals surface area contributed by atoms with Crippen LogP contribution in [0.3, 0.4) is 0 Å². The zero-order valence-corrected chi connectivity index (χ0v) is 73.1. The Hall–Kier alpha value is -8.54. The molecule has 646 valence electrons. The molecule has 4 fully saturated rings. The number of carbonyl (C=O) groups is 5. The van der Waals surface area contributed by atoms with Crippen molar-refractivity contribution in [3.63, 3.8) is 0 Å². The van der Waals surface area contributed by atoms with Gasteiger partial charge in [-0.2, -0.15) is 13.2 Å². The van der Waals surface area contributed by atoms with Gasteiger partial charge in [-0.3, -0.25) is 38.7 Å². The zero-order chi connectivity index (χ0) is 85.7. The topological polar surface area (TPSA) is 292 Å². The number of carbonyl (C=O) groups excluding carboxylic acids is 5. The summed E-state index contributed by atoms with van der Waals surface area (Å²) in [5.41, 5.74) is 2.79. The highest BCUT2D eigenvalue weighted by molar-refractivity contribution is 7.99. The van der Waals surface area contributed by atoms with Gasteiger partial charge in [0, 0.05) is 163 Å². The first-order valence-electron chi connectivity index (χ1n) is 41.0. The molecule has 6 N–H and O–H groups in total. The highest BCUT2D eigenvalue weighted by Gasteiger charge is 2.49. The van der Waals surface area contributed by atoms with E-state index >= 15 is 0 Å². The van der Waals surface area contributed by atoms with Gasteiger partial charge >= 0.3 is 5.51 Å². The number of halogens is 4. The van der Waals surface area contributed by atoms with Gasteiger partial charge in [-0.05, 0) is 165 Å². The number of nitrogens with zero attached hydrogens (tertiary/aromatic N) is 9. The SMILES string of the molecule is Cc1ncsc1-c1ccc([C@H](C)NC(=O)[C@@H]2C[C@@H](O)CN2C(=O)[C@@H](NC(=O)CCCNC(=O)c2ccc(N3CCN(CCN(C)CC4(C)CCC(c5ccc(Cl)cc5)=C(CN5CCN(c6ccc(C(=O)NS(=O)(=O)c7ccc(N[C@H](CCN8CCOCC8)CSc8ccccc8)c(S(=O)(=O)C(F)(F)F)c7)cc6)CC5)C4)CC3)nc2)C(C)(C)C)cc1. The molecule has 0 saturated carbocycles. The van der Waals surface area contributed by atoms with Crippen molar-refractivity contribution < 1.29 is 63.8 Å². The molecule has 4 aliphatic heterocycles. The van der Waals surface area contributed by atoms with E-state index in [4.69, 9.17) is 16.3 Å². The lowest BCUT2D eigenvalue weighted by Gasteiger charge is -2.42. The predicted octanol–water partition coefficient (Wildman–Crippen LogP) is 11.3. The number of allylic oxidation sites excluding steroid dienone is 1. The number of pyridine rings is 1. The molecule has 0 bridgehead atoms. The zero-order valence-electron chi connectivity index (χ0n) is 69.0. The third-order valence-electron chi connectivity index (χ3n) is 23.1. The summed E-state index contributed by atoms with van der Waals surface area (Å²) in [6.45, 7) is 24.3. The van der Waals surface area contributed by atoms with Crippen molar-refractivity contribution in [2.24, 2.45) is 10.8 Å². The van der Waals surface area contributed by atoms with E-state index in [-0.39, 0.29) is 54.8 Å². The number of hydrogen-bond acceptors (Lipinski definition) is 22. The number of thioether (sulfide) groups is 1. The molecule has 33 heteroatoms. The van der Waals surface area contributed by atoms with Crippen LogP contribution in [0.25, 0.3) is 16.0 Å². The van der Waals surface area contributed by atoms with Gasteiger partial charge in [0.1, 0.15) is 22.8 Å². The number of likely N-dealkylation sites (N-methyl/N-ethyl adjacent to an activating group) is 1.